The average molecular weight is 813 g/mol. The predicted molar refractivity (Wildman–Crippen MR) is 197 cm³/mol. The van der Waals surface area contributed by atoms with E-state index in [0.29, 0.717) is 42.0 Å². The lowest BCUT2D eigenvalue weighted by atomic mass is 9.98. The minimum Gasteiger partial charge on any atom is -0.467 e. The molecule has 0 radical (unpaired) electrons. The zero-order valence-corrected chi connectivity index (χ0v) is 32.6. The highest BCUT2D eigenvalue weighted by Crippen LogP contribution is 2.29. The molecule has 1 heterocycles. The second kappa shape index (κ2) is 20.2. The van der Waals surface area contributed by atoms with Gasteiger partial charge in [0.05, 0.1) is 48.3 Å². The van der Waals surface area contributed by atoms with Crippen LogP contribution in [-0.2, 0) is 45.1 Å². The molecule has 0 saturated heterocycles. The second-order valence-corrected chi connectivity index (χ2v) is 15.3. The van der Waals surface area contributed by atoms with Crippen LogP contribution < -0.4 is 10.5 Å². The van der Waals surface area contributed by atoms with E-state index in [-0.39, 0.29) is 41.8 Å². The van der Waals surface area contributed by atoms with Gasteiger partial charge in [0.1, 0.15) is 17.1 Å². The molecule has 15 nitrogen and oxygen atoms in total. The summed E-state index contributed by atoms with van der Waals surface area (Å²) in [7, 11) is -4.22. The number of nitrogens with two attached hydrogens (primary N) is 1. The summed E-state index contributed by atoms with van der Waals surface area (Å²) in [6, 6.07) is 11.1. The molecule has 0 saturated carbocycles. The number of nitrogens with one attached hydrogen (secondary N) is 1. The van der Waals surface area contributed by atoms with Crippen molar-refractivity contribution in [3.05, 3.63) is 81.7 Å². The van der Waals surface area contributed by atoms with Crippen LogP contribution in [0.25, 0.3) is 0 Å². The van der Waals surface area contributed by atoms with Gasteiger partial charge in [0.15, 0.2) is 5.78 Å². The number of rotatable bonds is 19. The van der Waals surface area contributed by atoms with Crippen molar-refractivity contribution in [2.45, 2.75) is 82.8 Å². The Bertz CT molecular complexity index is 1900. The molecule has 1 unspecified atom stereocenters. The Labute approximate surface area is 323 Å². The summed E-state index contributed by atoms with van der Waals surface area (Å²) in [6.07, 6.45) is 1.97. The number of primary sulfonamides is 1. The summed E-state index contributed by atoms with van der Waals surface area (Å²) in [5.74, 6) is -2.41. The molecule has 0 aliphatic carbocycles. The summed E-state index contributed by atoms with van der Waals surface area (Å²) < 4.78 is 49.6. The van der Waals surface area contributed by atoms with Crippen molar-refractivity contribution in [3.8, 4) is 0 Å². The number of amides is 1. The summed E-state index contributed by atoms with van der Waals surface area (Å²) in [5, 5.41) is 8.42. The number of nitrogens with zero attached hydrogens (tertiary/aromatic N) is 1. The SMILES string of the molecule is CC(C(=O)c1cccc(Cl)c1)N(C(=O)OCOC(=O)CC(=O)OCCCCCCOC(=O)c1cc(S(N)(=O)=O)c(Cl)cc1NCc1ccco1)C(C)(C)C. The first-order valence-electron chi connectivity index (χ1n) is 16.7. The highest BCUT2D eigenvalue weighted by molar-refractivity contribution is 7.89. The molecular formula is C36H43Cl2N3O12S. The Balaban J connectivity index is 1.35. The van der Waals surface area contributed by atoms with Crippen LogP contribution in [0.2, 0.25) is 10.0 Å². The van der Waals surface area contributed by atoms with Crippen LogP contribution in [-0.4, -0.2) is 74.7 Å². The Morgan fingerprint density at radius 3 is 2.17 bits per heavy atom. The molecule has 0 aliphatic rings. The van der Waals surface area contributed by atoms with Crippen molar-refractivity contribution >= 4 is 68.7 Å². The van der Waals surface area contributed by atoms with Crippen LogP contribution >= 0.6 is 23.2 Å². The number of unbranched alkanes of at least 4 members (excludes halogenated alkanes) is 3. The quantitative estimate of drug-likeness (QED) is 0.0331. The monoisotopic (exact) mass is 811 g/mol. The van der Waals surface area contributed by atoms with Crippen molar-refractivity contribution in [2.24, 2.45) is 5.14 Å². The van der Waals surface area contributed by atoms with Gasteiger partial charge in [0, 0.05) is 16.1 Å². The standard InChI is InChI=1S/C36H43Cl2N3O12S/c1-23(33(44)24-11-9-12-25(37)17-24)41(36(2,3)4)35(46)53-22-52-32(43)20-31(42)50-14-7-5-6-8-15-51-34(45)27-18-30(54(39,47)48)28(38)19-29(27)40-21-26-13-10-16-49-26/h9-13,16-19,23,40H,5-8,14-15,20-22H2,1-4H3,(H2,39,47,48). The number of sulfonamides is 1. The molecule has 3 rings (SSSR count). The van der Waals surface area contributed by atoms with Gasteiger partial charge < -0.3 is 28.7 Å². The Morgan fingerprint density at radius 2 is 1.56 bits per heavy atom. The van der Waals surface area contributed by atoms with Gasteiger partial charge in [0.2, 0.25) is 16.8 Å². The number of halogens is 2. The maximum absolute atomic E-state index is 13.1. The number of hydrogen-bond acceptors (Lipinski definition) is 13. The third-order valence-corrected chi connectivity index (χ3v) is 9.26. The van der Waals surface area contributed by atoms with Crippen LogP contribution in [0.3, 0.4) is 0 Å². The molecule has 1 aromatic heterocycles. The van der Waals surface area contributed by atoms with E-state index in [2.05, 4.69) is 5.32 Å². The molecule has 3 N–H and O–H groups in total. The third kappa shape index (κ3) is 13.6. The van der Waals surface area contributed by atoms with E-state index >= 15 is 0 Å². The molecule has 3 aromatic rings. The minimum atomic E-state index is -4.22. The Morgan fingerprint density at radius 1 is 0.889 bits per heavy atom. The number of ether oxygens (including phenoxy) is 4. The fraction of sp³-hybridized carbons (Fsp3) is 0.417. The second-order valence-electron chi connectivity index (χ2n) is 12.9. The first kappa shape index (κ1) is 43.8. The maximum atomic E-state index is 13.1. The lowest BCUT2D eigenvalue weighted by molar-refractivity contribution is -0.160. The smallest absolute Gasteiger partial charge is 0.413 e. The minimum absolute atomic E-state index is 0.0185. The Hall–Kier alpha value is -4.64. The number of ketones is 1. The zero-order chi connectivity index (χ0) is 40.1. The molecule has 0 bridgehead atoms. The van der Waals surface area contributed by atoms with Crippen LogP contribution in [0.1, 0.15) is 86.3 Å². The topological polar surface area (TPSA) is 211 Å². The lowest BCUT2D eigenvalue weighted by Crippen LogP contribution is -2.53. The van der Waals surface area contributed by atoms with Gasteiger partial charge in [0.25, 0.3) is 0 Å². The zero-order valence-electron chi connectivity index (χ0n) is 30.2. The molecule has 1 amide bonds. The highest BCUT2D eigenvalue weighted by Gasteiger charge is 2.36. The number of carbonyl (C=O) groups excluding carboxylic acids is 5. The van der Waals surface area contributed by atoms with Crippen LogP contribution in [0, 0.1) is 0 Å². The van der Waals surface area contributed by atoms with Crippen molar-refractivity contribution in [2.75, 3.05) is 25.3 Å². The molecule has 0 fully saturated rings. The van der Waals surface area contributed by atoms with Crippen LogP contribution in [0.5, 0.6) is 0 Å². The molecule has 2 aromatic carbocycles. The van der Waals surface area contributed by atoms with E-state index in [0.717, 1.165) is 6.07 Å². The summed E-state index contributed by atoms with van der Waals surface area (Å²) in [4.78, 5) is 63.9. The molecule has 54 heavy (non-hydrogen) atoms. The van der Waals surface area contributed by atoms with Gasteiger partial charge in [-0.2, -0.15) is 0 Å². The van der Waals surface area contributed by atoms with E-state index in [1.165, 1.54) is 23.3 Å². The highest BCUT2D eigenvalue weighted by atomic mass is 35.5. The fourth-order valence-electron chi connectivity index (χ4n) is 5.12. The number of carbonyl (C=O) groups is 5. The number of esters is 3. The number of benzene rings is 2. The van der Waals surface area contributed by atoms with E-state index in [4.69, 9.17) is 51.7 Å². The first-order valence-corrected chi connectivity index (χ1v) is 19.1. The average Bonchev–Trinajstić information content (AvgIpc) is 3.60. The summed E-state index contributed by atoms with van der Waals surface area (Å²) in [6.45, 7) is 6.12. The first-order chi connectivity index (χ1) is 25.4. The van der Waals surface area contributed by atoms with Crippen molar-refractivity contribution < 1.29 is 55.8 Å². The van der Waals surface area contributed by atoms with E-state index in [1.54, 1.807) is 58.0 Å². The van der Waals surface area contributed by atoms with Gasteiger partial charge in [-0.05, 0) is 89.8 Å². The van der Waals surface area contributed by atoms with Crippen molar-refractivity contribution in [3.63, 3.8) is 0 Å². The molecular weight excluding hydrogens is 769 g/mol. The number of anilines is 1. The third-order valence-electron chi connectivity index (χ3n) is 7.65. The molecule has 1 atom stereocenters. The molecule has 0 spiro atoms. The van der Waals surface area contributed by atoms with E-state index in [9.17, 15) is 32.4 Å². The number of Topliss-reactive ketones (excluding diaryl/α,β-unsaturated/α-hetero) is 1. The van der Waals surface area contributed by atoms with Crippen LogP contribution in [0.4, 0.5) is 10.5 Å². The number of hydrogen-bond donors (Lipinski definition) is 2. The largest absolute Gasteiger partial charge is 0.467 e. The van der Waals surface area contributed by atoms with Gasteiger partial charge in [-0.3, -0.25) is 19.3 Å². The van der Waals surface area contributed by atoms with Gasteiger partial charge >= 0.3 is 24.0 Å². The van der Waals surface area contributed by atoms with Gasteiger partial charge in [-0.25, -0.2) is 23.1 Å². The van der Waals surface area contributed by atoms with Gasteiger partial charge in [-0.15, -0.1) is 0 Å². The van der Waals surface area contributed by atoms with Crippen molar-refractivity contribution in [1.82, 2.24) is 4.90 Å². The summed E-state index contributed by atoms with van der Waals surface area (Å²) >= 11 is 12.1. The van der Waals surface area contributed by atoms with Gasteiger partial charge in [-0.1, -0.05) is 35.3 Å². The summed E-state index contributed by atoms with van der Waals surface area (Å²) in [5.41, 5.74) is -0.388. The number of furan rings is 1. The van der Waals surface area contributed by atoms with Crippen molar-refractivity contribution in [1.29, 1.82) is 0 Å². The molecule has 294 valence electrons. The normalized spacial score (nSPS) is 12.0. The predicted octanol–water partition coefficient (Wildman–Crippen LogP) is 6.51. The molecule has 0 aliphatic heterocycles. The Kier molecular flexibility index (Phi) is 16.3. The van der Waals surface area contributed by atoms with E-state index in [1.807, 2.05) is 0 Å². The van der Waals surface area contributed by atoms with E-state index < -0.39 is 63.7 Å². The van der Waals surface area contributed by atoms with Crippen LogP contribution in [0.15, 0.2) is 64.1 Å². The maximum Gasteiger partial charge on any atom is 0.413 e. The molecule has 18 heteroatoms. The lowest BCUT2D eigenvalue weighted by Gasteiger charge is -2.38. The fourth-order valence-corrected chi connectivity index (χ4v) is 6.41.